The highest BCUT2D eigenvalue weighted by molar-refractivity contribution is 7.80. The monoisotopic (exact) mass is 287 g/mol. The average molecular weight is 287 g/mol. The molecule has 0 saturated heterocycles. The van der Waals surface area contributed by atoms with Crippen molar-refractivity contribution >= 4 is 18.6 Å². The maximum Gasteiger partial charge on any atom is 0.387 e. The van der Waals surface area contributed by atoms with Gasteiger partial charge in [-0.05, 0) is 24.6 Å². The first kappa shape index (κ1) is 15.2. The van der Waals surface area contributed by atoms with E-state index in [0.29, 0.717) is 5.56 Å². The van der Waals surface area contributed by atoms with Crippen molar-refractivity contribution in [2.75, 3.05) is 6.61 Å². The Bertz CT molecular complexity index is 514. The second-order valence-electron chi connectivity index (χ2n) is 3.45. The first-order chi connectivity index (χ1) is 8.97. The van der Waals surface area contributed by atoms with Crippen LogP contribution in [0, 0.1) is 11.3 Å². The summed E-state index contributed by atoms with van der Waals surface area (Å²) in [5.74, 6) is -0.711. The molecule has 0 aliphatic heterocycles. The molecule has 19 heavy (non-hydrogen) atoms. The molecule has 0 bridgehead atoms. The van der Waals surface area contributed by atoms with Crippen LogP contribution in [-0.4, -0.2) is 19.2 Å². The summed E-state index contributed by atoms with van der Waals surface area (Å²) in [5, 5.41) is 8.94. The van der Waals surface area contributed by atoms with E-state index in [2.05, 4.69) is 17.4 Å². The van der Waals surface area contributed by atoms with Crippen molar-refractivity contribution in [1.82, 2.24) is 0 Å². The number of ether oxygens (including phenoxy) is 2. The summed E-state index contributed by atoms with van der Waals surface area (Å²) in [5.41, 5.74) is 0.425. The van der Waals surface area contributed by atoms with E-state index in [1.165, 1.54) is 6.07 Å². The maximum atomic E-state index is 12.1. The number of hydrogen-bond donors (Lipinski definition) is 1. The molecular formula is C12H11F2NO3S. The van der Waals surface area contributed by atoms with E-state index in [9.17, 15) is 13.6 Å². The molecule has 0 radical (unpaired) electrons. The molecule has 0 spiro atoms. The molecule has 0 fully saturated rings. The van der Waals surface area contributed by atoms with Crippen LogP contribution < -0.4 is 4.74 Å². The van der Waals surface area contributed by atoms with E-state index in [1.54, 1.807) is 6.92 Å². The van der Waals surface area contributed by atoms with Gasteiger partial charge in [0.05, 0.1) is 24.7 Å². The van der Waals surface area contributed by atoms with Gasteiger partial charge in [-0.25, -0.2) is 0 Å². The lowest BCUT2D eigenvalue weighted by Gasteiger charge is -2.10. The van der Waals surface area contributed by atoms with E-state index >= 15 is 0 Å². The smallest absolute Gasteiger partial charge is 0.387 e. The van der Waals surface area contributed by atoms with Gasteiger partial charge in [-0.3, -0.25) is 4.79 Å². The summed E-state index contributed by atoms with van der Waals surface area (Å²) in [7, 11) is 0. The van der Waals surface area contributed by atoms with Crippen molar-refractivity contribution in [2.24, 2.45) is 0 Å². The summed E-state index contributed by atoms with van der Waals surface area (Å²) < 4.78 is 33.2. The molecule has 102 valence electrons. The minimum Gasteiger partial charge on any atom is -0.466 e. The van der Waals surface area contributed by atoms with Crippen LogP contribution in [0.4, 0.5) is 8.78 Å². The summed E-state index contributed by atoms with van der Waals surface area (Å²) in [6.45, 7) is -1.12. The third-order valence-corrected chi connectivity index (χ3v) is 2.51. The SMILES string of the molecule is CCOC(=O)Cc1cc(S)c(OC(F)F)cc1C#N. The molecule has 0 aromatic heterocycles. The van der Waals surface area contributed by atoms with Crippen LogP contribution in [0.25, 0.3) is 0 Å². The van der Waals surface area contributed by atoms with Crippen LogP contribution in [0.15, 0.2) is 17.0 Å². The molecule has 7 heteroatoms. The highest BCUT2D eigenvalue weighted by atomic mass is 32.1. The Kier molecular flexibility index (Phi) is 5.57. The predicted octanol–water partition coefficient (Wildman–Crippen LogP) is 2.55. The van der Waals surface area contributed by atoms with Crippen LogP contribution in [0.1, 0.15) is 18.1 Å². The number of esters is 1. The topological polar surface area (TPSA) is 59.3 Å². The first-order valence-electron chi connectivity index (χ1n) is 5.34. The molecule has 0 heterocycles. The number of nitrogens with zero attached hydrogens (tertiary/aromatic N) is 1. The van der Waals surface area contributed by atoms with E-state index in [0.717, 1.165) is 6.07 Å². The molecule has 4 nitrogen and oxygen atoms in total. The van der Waals surface area contributed by atoms with Crippen molar-refractivity contribution in [2.45, 2.75) is 24.9 Å². The summed E-state index contributed by atoms with van der Waals surface area (Å²) in [6, 6.07) is 4.29. The number of carbonyl (C=O) groups is 1. The minimum atomic E-state index is -3.01. The molecule has 0 saturated carbocycles. The standard InChI is InChI=1S/C12H11F2NO3S/c1-2-17-11(16)5-7-4-10(19)9(18-12(13)14)3-8(7)6-15/h3-4,12,19H,2,5H2,1H3. The largest absolute Gasteiger partial charge is 0.466 e. The molecule has 0 amide bonds. The number of thiol groups is 1. The van der Waals surface area contributed by atoms with Gasteiger partial charge in [0.25, 0.3) is 0 Å². The van der Waals surface area contributed by atoms with E-state index < -0.39 is 12.6 Å². The third kappa shape index (κ3) is 4.41. The summed E-state index contributed by atoms with van der Waals surface area (Å²) >= 11 is 3.98. The zero-order chi connectivity index (χ0) is 14.4. The lowest BCUT2D eigenvalue weighted by molar-refractivity contribution is -0.142. The van der Waals surface area contributed by atoms with Gasteiger partial charge < -0.3 is 9.47 Å². The third-order valence-electron chi connectivity index (χ3n) is 2.16. The van der Waals surface area contributed by atoms with Gasteiger partial charge in [0.15, 0.2) is 0 Å². The van der Waals surface area contributed by atoms with Crippen molar-refractivity contribution in [1.29, 1.82) is 5.26 Å². The van der Waals surface area contributed by atoms with Crippen molar-refractivity contribution < 1.29 is 23.0 Å². The number of carbonyl (C=O) groups excluding carboxylic acids is 1. The van der Waals surface area contributed by atoms with Crippen LogP contribution in [0.3, 0.4) is 0 Å². The van der Waals surface area contributed by atoms with E-state index in [-0.39, 0.29) is 29.2 Å². The number of benzene rings is 1. The molecule has 0 N–H and O–H groups in total. The molecule has 0 aliphatic rings. The second-order valence-corrected chi connectivity index (χ2v) is 3.93. The van der Waals surface area contributed by atoms with Gasteiger partial charge >= 0.3 is 12.6 Å². The lowest BCUT2D eigenvalue weighted by Crippen LogP contribution is -2.09. The van der Waals surface area contributed by atoms with Gasteiger partial charge in [0, 0.05) is 4.90 Å². The number of alkyl halides is 2. The van der Waals surface area contributed by atoms with Crippen molar-refractivity contribution in [3.63, 3.8) is 0 Å². The maximum absolute atomic E-state index is 12.1. The lowest BCUT2D eigenvalue weighted by atomic mass is 10.1. The fourth-order valence-corrected chi connectivity index (χ4v) is 1.69. The highest BCUT2D eigenvalue weighted by Gasteiger charge is 2.15. The fourth-order valence-electron chi connectivity index (χ4n) is 1.42. The van der Waals surface area contributed by atoms with Gasteiger partial charge in [-0.1, -0.05) is 0 Å². The van der Waals surface area contributed by atoms with Crippen molar-refractivity contribution in [3.8, 4) is 11.8 Å². The zero-order valence-electron chi connectivity index (χ0n) is 10.0. The quantitative estimate of drug-likeness (QED) is 0.668. The highest BCUT2D eigenvalue weighted by Crippen LogP contribution is 2.28. The first-order valence-corrected chi connectivity index (χ1v) is 5.79. The Balaban J connectivity index is 3.04. The Labute approximate surface area is 114 Å². The number of rotatable bonds is 5. The van der Waals surface area contributed by atoms with Crippen LogP contribution in [0.5, 0.6) is 5.75 Å². The normalized spacial score (nSPS) is 10.1. The molecule has 0 unspecified atom stereocenters. The zero-order valence-corrected chi connectivity index (χ0v) is 10.9. The van der Waals surface area contributed by atoms with Gasteiger partial charge in [0.1, 0.15) is 5.75 Å². The fraction of sp³-hybridized carbons (Fsp3) is 0.333. The molecule has 1 aromatic rings. The number of halogens is 2. The minimum absolute atomic E-state index is 0.0708. The Morgan fingerprint density at radius 3 is 2.74 bits per heavy atom. The van der Waals surface area contributed by atoms with Crippen LogP contribution in [-0.2, 0) is 16.0 Å². The predicted molar refractivity (Wildman–Crippen MR) is 65.4 cm³/mol. The Morgan fingerprint density at radius 1 is 1.53 bits per heavy atom. The molecule has 0 aliphatic carbocycles. The molecule has 1 rings (SSSR count). The molecular weight excluding hydrogens is 276 g/mol. The average Bonchev–Trinajstić information content (AvgIpc) is 2.32. The number of nitriles is 1. The van der Waals surface area contributed by atoms with Gasteiger partial charge in [0.2, 0.25) is 0 Å². The van der Waals surface area contributed by atoms with E-state index in [4.69, 9.17) is 10.00 Å². The van der Waals surface area contributed by atoms with Crippen molar-refractivity contribution in [3.05, 3.63) is 23.3 Å². The van der Waals surface area contributed by atoms with Gasteiger partial charge in [-0.15, -0.1) is 12.6 Å². The van der Waals surface area contributed by atoms with Crippen LogP contribution >= 0.6 is 12.6 Å². The van der Waals surface area contributed by atoms with Crippen LogP contribution in [0.2, 0.25) is 0 Å². The van der Waals surface area contributed by atoms with Gasteiger partial charge in [-0.2, -0.15) is 14.0 Å². The Morgan fingerprint density at radius 2 is 2.21 bits per heavy atom. The molecule has 0 atom stereocenters. The van der Waals surface area contributed by atoms with E-state index in [1.807, 2.05) is 6.07 Å². The number of hydrogen-bond acceptors (Lipinski definition) is 5. The summed E-state index contributed by atoms with van der Waals surface area (Å²) in [6.07, 6.45) is -0.126. The Hall–Kier alpha value is -1.81. The second kappa shape index (κ2) is 6.95. The summed E-state index contributed by atoms with van der Waals surface area (Å²) in [4.78, 5) is 11.5. The molecule has 1 aromatic carbocycles.